The van der Waals surface area contributed by atoms with E-state index in [0.29, 0.717) is 12.5 Å². The predicted octanol–water partition coefficient (Wildman–Crippen LogP) is 0.937. The van der Waals surface area contributed by atoms with Crippen molar-refractivity contribution in [3.05, 3.63) is 35.9 Å². The van der Waals surface area contributed by atoms with Crippen LogP contribution in [0.2, 0.25) is 0 Å². The summed E-state index contributed by atoms with van der Waals surface area (Å²) in [5.74, 6) is 0.375. The van der Waals surface area contributed by atoms with Gasteiger partial charge in [-0.1, -0.05) is 30.3 Å². The zero-order valence-electron chi connectivity index (χ0n) is 8.63. The number of hydrogen-bond acceptors (Lipinski definition) is 3. The number of hydrogen-bond donors (Lipinski definition) is 1. The van der Waals surface area contributed by atoms with Crippen molar-refractivity contribution in [2.75, 3.05) is 19.6 Å². The van der Waals surface area contributed by atoms with Crippen LogP contribution in [0, 0.1) is 11.3 Å². The van der Waals surface area contributed by atoms with Crippen molar-refractivity contribution in [1.29, 1.82) is 5.26 Å². The zero-order valence-corrected chi connectivity index (χ0v) is 8.63. The van der Waals surface area contributed by atoms with Gasteiger partial charge in [-0.05, 0) is 5.56 Å². The van der Waals surface area contributed by atoms with Gasteiger partial charge in [0.15, 0.2) is 0 Å². The zero-order chi connectivity index (χ0) is 10.7. The van der Waals surface area contributed by atoms with Crippen LogP contribution in [0.5, 0.6) is 0 Å². The van der Waals surface area contributed by atoms with Crippen molar-refractivity contribution in [2.45, 2.75) is 12.0 Å². The fourth-order valence-corrected chi connectivity index (χ4v) is 2.20. The average Bonchev–Trinajstić information content (AvgIpc) is 2.61. The van der Waals surface area contributed by atoms with Crippen LogP contribution in [-0.4, -0.2) is 30.6 Å². The minimum absolute atomic E-state index is 0.153. The van der Waals surface area contributed by atoms with Gasteiger partial charge in [0.05, 0.1) is 12.6 Å². The van der Waals surface area contributed by atoms with Crippen LogP contribution in [0.25, 0.3) is 0 Å². The number of likely N-dealkylation sites (tertiary alicyclic amines) is 1. The van der Waals surface area contributed by atoms with Crippen molar-refractivity contribution in [3.63, 3.8) is 0 Å². The minimum atomic E-state index is 0.153. The van der Waals surface area contributed by atoms with Crippen LogP contribution in [0.15, 0.2) is 30.3 Å². The highest BCUT2D eigenvalue weighted by Gasteiger charge is 2.30. The highest BCUT2D eigenvalue weighted by molar-refractivity contribution is 5.23. The SMILES string of the molecule is N#CCN1C[C@@H](N)[C@H](c2ccccc2)C1. The first kappa shape index (κ1) is 10.2. The third kappa shape index (κ3) is 2.17. The fraction of sp³-hybridized carbons (Fsp3) is 0.417. The highest BCUT2D eigenvalue weighted by atomic mass is 15.2. The average molecular weight is 201 g/mol. The molecule has 0 saturated carbocycles. The summed E-state index contributed by atoms with van der Waals surface area (Å²) < 4.78 is 0. The van der Waals surface area contributed by atoms with Crippen molar-refractivity contribution in [1.82, 2.24) is 4.90 Å². The molecule has 78 valence electrons. The molecule has 2 N–H and O–H groups in total. The summed E-state index contributed by atoms with van der Waals surface area (Å²) in [6.07, 6.45) is 0. The Kier molecular flexibility index (Phi) is 3.00. The Morgan fingerprint density at radius 2 is 2.07 bits per heavy atom. The van der Waals surface area contributed by atoms with Crippen LogP contribution in [0.4, 0.5) is 0 Å². The van der Waals surface area contributed by atoms with E-state index in [1.807, 2.05) is 18.2 Å². The molecule has 0 amide bonds. The largest absolute Gasteiger partial charge is 0.326 e. The van der Waals surface area contributed by atoms with Gasteiger partial charge in [0.25, 0.3) is 0 Å². The number of nitrogens with zero attached hydrogens (tertiary/aromatic N) is 2. The van der Waals surface area contributed by atoms with Gasteiger partial charge in [0.1, 0.15) is 0 Å². The molecule has 0 unspecified atom stereocenters. The molecule has 3 nitrogen and oxygen atoms in total. The molecule has 1 saturated heterocycles. The first-order valence-corrected chi connectivity index (χ1v) is 5.21. The number of nitrogens with two attached hydrogens (primary N) is 1. The lowest BCUT2D eigenvalue weighted by molar-refractivity contribution is 0.372. The molecule has 3 heteroatoms. The smallest absolute Gasteiger partial charge is 0.0866 e. The molecule has 0 aliphatic carbocycles. The van der Waals surface area contributed by atoms with Gasteiger partial charge in [-0.15, -0.1) is 0 Å². The molecular formula is C12H15N3. The summed E-state index contributed by atoms with van der Waals surface area (Å²) in [4.78, 5) is 2.11. The van der Waals surface area contributed by atoms with Crippen LogP contribution < -0.4 is 5.73 Å². The van der Waals surface area contributed by atoms with Crippen molar-refractivity contribution < 1.29 is 0 Å². The Balaban J connectivity index is 2.09. The van der Waals surface area contributed by atoms with Crippen LogP contribution in [0.1, 0.15) is 11.5 Å². The first-order valence-electron chi connectivity index (χ1n) is 5.21. The summed E-state index contributed by atoms with van der Waals surface area (Å²) >= 11 is 0. The molecular weight excluding hydrogens is 186 g/mol. The monoisotopic (exact) mass is 201 g/mol. The molecule has 0 radical (unpaired) electrons. The third-order valence-corrected chi connectivity index (χ3v) is 2.96. The van der Waals surface area contributed by atoms with E-state index in [0.717, 1.165) is 13.1 Å². The molecule has 1 fully saturated rings. The fourth-order valence-electron chi connectivity index (χ4n) is 2.20. The lowest BCUT2D eigenvalue weighted by Crippen LogP contribution is -2.28. The molecule has 1 heterocycles. The molecule has 1 aliphatic rings. The summed E-state index contributed by atoms with van der Waals surface area (Å²) in [7, 11) is 0. The van der Waals surface area contributed by atoms with Gasteiger partial charge in [0, 0.05) is 25.0 Å². The van der Waals surface area contributed by atoms with Crippen molar-refractivity contribution >= 4 is 0 Å². The van der Waals surface area contributed by atoms with E-state index in [4.69, 9.17) is 11.0 Å². The summed E-state index contributed by atoms with van der Waals surface area (Å²) in [6.45, 7) is 2.21. The Morgan fingerprint density at radius 3 is 2.73 bits per heavy atom. The Labute approximate surface area is 90.1 Å². The van der Waals surface area contributed by atoms with Crippen LogP contribution in [-0.2, 0) is 0 Å². The lowest BCUT2D eigenvalue weighted by atomic mass is 9.95. The molecule has 1 aliphatic heterocycles. The molecule has 2 atom stereocenters. The van der Waals surface area contributed by atoms with E-state index in [1.165, 1.54) is 5.56 Å². The second-order valence-corrected chi connectivity index (χ2v) is 4.03. The Morgan fingerprint density at radius 1 is 1.33 bits per heavy atom. The number of benzene rings is 1. The highest BCUT2D eigenvalue weighted by Crippen LogP contribution is 2.25. The molecule has 0 bridgehead atoms. The van der Waals surface area contributed by atoms with E-state index in [-0.39, 0.29) is 6.04 Å². The number of rotatable bonds is 2. The second kappa shape index (κ2) is 4.43. The van der Waals surface area contributed by atoms with Gasteiger partial charge in [-0.3, -0.25) is 4.90 Å². The van der Waals surface area contributed by atoms with Gasteiger partial charge in [-0.25, -0.2) is 0 Å². The molecule has 15 heavy (non-hydrogen) atoms. The maximum Gasteiger partial charge on any atom is 0.0866 e. The first-order chi connectivity index (χ1) is 7.31. The van der Waals surface area contributed by atoms with E-state index in [9.17, 15) is 0 Å². The molecule has 2 rings (SSSR count). The topological polar surface area (TPSA) is 53.0 Å². The van der Waals surface area contributed by atoms with Crippen molar-refractivity contribution in [2.24, 2.45) is 5.73 Å². The minimum Gasteiger partial charge on any atom is -0.326 e. The predicted molar refractivity (Wildman–Crippen MR) is 59.2 cm³/mol. The standard InChI is InChI=1S/C12H15N3/c13-6-7-15-8-11(12(14)9-15)10-4-2-1-3-5-10/h1-5,11-12H,7-9,14H2/t11-,12+/m0/s1. The van der Waals surface area contributed by atoms with Crippen molar-refractivity contribution in [3.8, 4) is 6.07 Å². The van der Waals surface area contributed by atoms with E-state index < -0.39 is 0 Å². The molecule has 0 aromatic heterocycles. The van der Waals surface area contributed by atoms with Gasteiger partial charge >= 0.3 is 0 Å². The van der Waals surface area contributed by atoms with Gasteiger partial charge in [-0.2, -0.15) is 5.26 Å². The van der Waals surface area contributed by atoms with Crippen LogP contribution >= 0.6 is 0 Å². The second-order valence-electron chi connectivity index (χ2n) is 4.03. The lowest BCUT2D eigenvalue weighted by Gasteiger charge is -2.14. The third-order valence-electron chi connectivity index (χ3n) is 2.96. The van der Waals surface area contributed by atoms with E-state index in [1.54, 1.807) is 0 Å². The quantitative estimate of drug-likeness (QED) is 0.724. The summed E-state index contributed by atoms with van der Waals surface area (Å²) in [5.41, 5.74) is 7.36. The van der Waals surface area contributed by atoms with Crippen LogP contribution in [0.3, 0.4) is 0 Å². The molecule has 1 aromatic carbocycles. The maximum atomic E-state index is 8.64. The molecule has 1 aromatic rings. The maximum absolute atomic E-state index is 8.64. The van der Waals surface area contributed by atoms with Gasteiger partial charge < -0.3 is 5.73 Å². The number of nitriles is 1. The van der Waals surface area contributed by atoms with E-state index >= 15 is 0 Å². The normalized spacial score (nSPS) is 26.4. The molecule has 0 spiro atoms. The van der Waals surface area contributed by atoms with E-state index in [2.05, 4.69) is 23.1 Å². The summed E-state index contributed by atoms with van der Waals surface area (Å²) in [6, 6.07) is 12.6. The summed E-state index contributed by atoms with van der Waals surface area (Å²) in [5, 5.41) is 8.64. The Hall–Kier alpha value is -1.37. The Bertz CT molecular complexity index is 355. The van der Waals surface area contributed by atoms with Gasteiger partial charge in [0.2, 0.25) is 0 Å².